The van der Waals surface area contributed by atoms with Crippen molar-refractivity contribution in [3.05, 3.63) is 35.5 Å². The average Bonchev–Trinajstić information content (AvgIpc) is 2.68. The Morgan fingerprint density at radius 1 is 1.50 bits per heavy atom. The van der Waals surface area contributed by atoms with Gasteiger partial charge in [0.1, 0.15) is 0 Å². The van der Waals surface area contributed by atoms with Gasteiger partial charge < -0.3 is 5.32 Å². The summed E-state index contributed by atoms with van der Waals surface area (Å²) in [6.45, 7) is 0.873. The van der Waals surface area contributed by atoms with Crippen LogP contribution in [0.5, 0.6) is 0 Å². The van der Waals surface area contributed by atoms with E-state index in [1.807, 2.05) is 25.4 Å². The van der Waals surface area contributed by atoms with Crippen LogP contribution < -0.4 is 5.32 Å². The van der Waals surface area contributed by atoms with Crippen LogP contribution in [-0.2, 0) is 6.54 Å². The van der Waals surface area contributed by atoms with Gasteiger partial charge in [0.25, 0.3) is 0 Å². The minimum absolute atomic E-state index is 0.873. The highest BCUT2D eigenvalue weighted by Gasteiger charge is 2.02. The van der Waals surface area contributed by atoms with Gasteiger partial charge >= 0.3 is 0 Å². The Kier molecular flexibility index (Phi) is 2.86. The number of hydrogen-bond acceptors (Lipinski definition) is 4. The highest BCUT2D eigenvalue weighted by molar-refractivity contribution is 7.06. The molecule has 0 fully saturated rings. The van der Waals surface area contributed by atoms with Crippen molar-refractivity contribution in [2.24, 2.45) is 0 Å². The van der Waals surface area contributed by atoms with E-state index in [1.54, 1.807) is 6.20 Å². The van der Waals surface area contributed by atoms with E-state index in [0.29, 0.717) is 0 Å². The van der Waals surface area contributed by atoms with Crippen LogP contribution >= 0.6 is 11.5 Å². The molecule has 72 valence electrons. The molecule has 0 saturated heterocycles. The molecule has 0 bridgehead atoms. The molecule has 0 unspecified atom stereocenters. The zero-order chi connectivity index (χ0) is 9.80. The van der Waals surface area contributed by atoms with Crippen molar-refractivity contribution in [2.45, 2.75) is 6.54 Å². The first-order valence-corrected chi connectivity index (χ1v) is 5.18. The molecular weight excluding hydrogens is 194 g/mol. The van der Waals surface area contributed by atoms with Gasteiger partial charge in [0.15, 0.2) is 0 Å². The third-order valence-electron chi connectivity index (χ3n) is 1.87. The van der Waals surface area contributed by atoms with Gasteiger partial charge in [0, 0.05) is 29.4 Å². The Balaban J connectivity index is 2.25. The topological polar surface area (TPSA) is 37.8 Å². The predicted octanol–water partition coefficient (Wildman–Crippen LogP) is 1.92. The summed E-state index contributed by atoms with van der Waals surface area (Å²) in [5, 5.41) is 3.10. The Morgan fingerprint density at radius 3 is 3.14 bits per heavy atom. The zero-order valence-corrected chi connectivity index (χ0v) is 8.71. The Bertz CT molecular complexity index is 397. The molecule has 4 heteroatoms. The van der Waals surface area contributed by atoms with Gasteiger partial charge in [-0.05, 0) is 36.8 Å². The molecule has 0 amide bonds. The number of aromatic nitrogens is 2. The molecule has 0 aliphatic heterocycles. The average molecular weight is 205 g/mol. The van der Waals surface area contributed by atoms with Crippen molar-refractivity contribution >= 4 is 11.5 Å². The SMILES string of the molecule is CNCc1cc(-c2cccnc2)ns1. The summed E-state index contributed by atoms with van der Waals surface area (Å²) in [7, 11) is 1.93. The van der Waals surface area contributed by atoms with Gasteiger partial charge in [-0.2, -0.15) is 4.37 Å². The summed E-state index contributed by atoms with van der Waals surface area (Å²) in [5.74, 6) is 0. The van der Waals surface area contributed by atoms with Crippen molar-refractivity contribution in [3.8, 4) is 11.3 Å². The standard InChI is InChI=1S/C10H11N3S/c1-11-7-9-5-10(13-14-9)8-3-2-4-12-6-8/h2-6,11H,7H2,1H3. The maximum atomic E-state index is 4.37. The minimum Gasteiger partial charge on any atom is -0.315 e. The second-order valence-electron chi connectivity index (χ2n) is 2.95. The zero-order valence-electron chi connectivity index (χ0n) is 7.90. The molecule has 2 aromatic rings. The lowest BCUT2D eigenvalue weighted by atomic mass is 10.2. The summed E-state index contributed by atoms with van der Waals surface area (Å²) in [4.78, 5) is 5.31. The molecule has 0 aliphatic rings. The van der Waals surface area contributed by atoms with Crippen LogP contribution in [0.2, 0.25) is 0 Å². The molecule has 2 rings (SSSR count). The summed E-state index contributed by atoms with van der Waals surface area (Å²) in [6, 6.07) is 6.04. The Hall–Kier alpha value is -1.26. The van der Waals surface area contributed by atoms with Crippen LogP contribution in [0.1, 0.15) is 4.88 Å². The molecular formula is C10H11N3S. The molecule has 3 nitrogen and oxygen atoms in total. The van der Waals surface area contributed by atoms with Crippen LogP contribution in [0, 0.1) is 0 Å². The highest BCUT2D eigenvalue weighted by Crippen LogP contribution is 2.20. The first-order chi connectivity index (χ1) is 6.90. The van der Waals surface area contributed by atoms with Crippen LogP contribution in [0.3, 0.4) is 0 Å². The van der Waals surface area contributed by atoms with E-state index in [2.05, 4.69) is 20.7 Å². The van der Waals surface area contributed by atoms with E-state index in [-0.39, 0.29) is 0 Å². The summed E-state index contributed by atoms with van der Waals surface area (Å²) < 4.78 is 4.37. The molecule has 14 heavy (non-hydrogen) atoms. The third-order valence-corrected chi connectivity index (χ3v) is 2.65. The van der Waals surface area contributed by atoms with Gasteiger partial charge in [0.2, 0.25) is 0 Å². The fourth-order valence-corrected chi connectivity index (χ4v) is 1.97. The van der Waals surface area contributed by atoms with Crippen LogP contribution in [0.4, 0.5) is 0 Å². The van der Waals surface area contributed by atoms with Crippen molar-refractivity contribution in [1.82, 2.24) is 14.7 Å². The predicted molar refractivity (Wildman–Crippen MR) is 58.1 cm³/mol. The number of nitrogens with one attached hydrogen (secondary N) is 1. The van der Waals surface area contributed by atoms with Gasteiger partial charge in [-0.1, -0.05) is 0 Å². The van der Waals surface area contributed by atoms with Crippen molar-refractivity contribution < 1.29 is 0 Å². The normalized spacial score (nSPS) is 10.4. The molecule has 0 atom stereocenters. The van der Waals surface area contributed by atoms with Crippen molar-refractivity contribution in [1.29, 1.82) is 0 Å². The van der Waals surface area contributed by atoms with E-state index in [9.17, 15) is 0 Å². The number of hydrogen-bond donors (Lipinski definition) is 1. The van der Waals surface area contributed by atoms with E-state index in [1.165, 1.54) is 16.4 Å². The van der Waals surface area contributed by atoms with Gasteiger partial charge in [-0.3, -0.25) is 4.98 Å². The number of pyridine rings is 1. The largest absolute Gasteiger partial charge is 0.315 e. The molecule has 1 N–H and O–H groups in total. The Morgan fingerprint density at radius 2 is 2.43 bits per heavy atom. The summed E-state index contributed by atoms with van der Waals surface area (Å²) in [6.07, 6.45) is 3.60. The van der Waals surface area contributed by atoms with E-state index in [0.717, 1.165) is 17.8 Å². The maximum absolute atomic E-state index is 4.37. The van der Waals surface area contributed by atoms with Gasteiger partial charge in [-0.25, -0.2) is 0 Å². The second-order valence-corrected chi connectivity index (χ2v) is 3.84. The molecule has 0 aliphatic carbocycles. The van der Waals surface area contributed by atoms with Crippen LogP contribution in [0.25, 0.3) is 11.3 Å². The third kappa shape index (κ3) is 1.97. The fraction of sp³-hybridized carbons (Fsp3) is 0.200. The lowest BCUT2D eigenvalue weighted by molar-refractivity contribution is 0.831. The van der Waals surface area contributed by atoms with Gasteiger partial charge in [-0.15, -0.1) is 0 Å². The highest BCUT2D eigenvalue weighted by atomic mass is 32.1. The lowest BCUT2D eigenvalue weighted by Gasteiger charge is -1.92. The van der Waals surface area contributed by atoms with Crippen molar-refractivity contribution in [2.75, 3.05) is 7.05 Å². The lowest BCUT2D eigenvalue weighted by Crippen LogP contribution is -2.02. The summed E-state index contributed by atoms with van der Waals surface area (Å²) >= 11 is 1.53. The quantitative estimate of drug-likeness (QED) is 0.832. The number of nitrogens with zero attached hydrogens (tertiary/aromatic N) is 2. The number of rotatable bonds is 3. The van der Waals surface area contributed by atoms with E-state index >= 15 is 0 Å². The molecule has 0 radical (unpaired) electrons. The smallest absolute Gasteiger partial charge is 0.0859 e. The molecule has 0 saturated carbocycles. The van der Waals surface area contributed by atoms with Crippen molar-refractivity contribution in [3.63, 3.8) is 0 Å². The summed E-state index contributed by atoms with van der Waals surface area (Å²) in [5.41, 5.74) is 2.08. The fourth-order valence-electron chi connectivity index (χ4n) is 1.22. The Labute approximate surface area is 87.0 Å². The second kappa shape index (κ2) is 4.30. The van der Waals surface area contributed by atoms with Gasteiger partial charge in [0.05, 0.1) is 5.69 Å². The van der Waals surface area contributed by atoms with E-state index in [4.69, 9.17) is 0 Å². The first kappa shape index (κ1) is 9.30. The molecule has 0 spiro atoms. The maximum Gasteiger partial charge on any atom is 0.0859 e. The molecule has 2 heterocycles. The first-order valence-electron chi connectivity index (χ1n) is 4.41. The molecule has 0 aromatic carbocycles. The van der Waals surface area contributed by atoms with Crippen LogP contribution in [0.15, 0.2) is 30.6 Å². The monoisotopic (exact) mass is 205 g/mol. The minimum atomic E-state index is 0.873. The van der Waals surface area contributed by atoms with Crippen LogP contribution in [-0.4, -0.2) is 16.4 Å². The van der Waals surface area contributed by atoms with E-state index < -0.39 is 0 Å². The molecule has 2 aromatic heterocycles.